The Morgan fingerprint density at radius 3 is 2.32 bits per heavy atom. The standard InChI is InChI=1S/C22H22N6/c1-3-9-16(10-4-1)24-20-19-15-23-28(18-13-5-2-6-14-18)21(19)27-22(26-20)25-17-11-7-8-12-17/h1-6,9-10,13-15,17H,7-8,11-12H2,(H2,24,25,26,27). The molecule has 4 aromatic rings. The van der Waals surface area contributed by atoms with Crippen LogP contribution in [0, 0.1) is 0 Å². The van der Waals surface area contributed by atoms with Crippen molar-refractivity contribution < 1.29 is 0 Å². The predicted molar refractivity (Wildman–Crippen MR) is 112 cm³/mol. The lowest BCUT2D eigenvalue weighted by molar-refractivity contribution is 0.744. The fourth-order valence-corrected chi connectivity index (χ4v) is 3.74. The highest BCUT2D eigenvalue weighted by molar-refractivity contribution is 5.90. The van der Waals surface area contributed by atoms with Crippen molar-refractivity contribution in [1.29, 1.82) is 0 Å². The first-order valence-corrected chi connectivity index (χ1v) is 9.77. The van der Waals surface area contributed by atoms with Crippen molar-refractivity contribution in [3.8, 4) is 5.69 Å². The number of para-hydroxylation sites is 2. The van der Waals surface area contributed by atoms with Gasteiger partial charge in [0.15, 0.2) is 5.65 Å². The minimum absolute atomic E-state index is 0.440. The van der Waals surface area contributed by atoms with Crippen LogP contribution in [-0.4, -0.2) is 25.8 Å². The first kappa shape index (κ1) is 16.7. The molecule has 28 heavy (non-hydrogen) atoms. The molecule has 0 amide bonds. The molecule has 5 rings (SSSR count). The van der Waals surface area contributed by atoms with Gasteiger partial charge in [0, 0.05) is 11.7 Å². The van der Waals surface area contributed by atoms with Crippen LogP contribution in [-0.2, 0) is 0 Å². The Kier molecular flexibility index (Phi) is 4.37. The lowest BCUT2D eigenvalue weighted by atomic mass is 10.2. The van der Waals surface area contributed by atoms with Crippen molar-refractivity contribution in [3.63, 3.8) is 0 Å². The second-order valence-electron chi connectivity index (χ2n) is 7.14. The summed E-state index contributed by atoms with van der Waals surface area (Å²) in [5.41, 5.74) is 2.76. The van der Waals surface area contributed by atoms with Gasteiger partial charge in [-0.1, -0.05) is 49.2 Å². The van der Waals surface area contributed by atoms with E-state index in [1.54, 1.807) is 0 Å². The summed E-state index contributed by atoms with van der Waals surface area (Å²) in [5.74, 6) is 1.41. The summed E-state index contributed by atoms with van der Waals surface area (Å²) in [6, 6.07) is 20.6. The maximum Gasteiger partial charge on any atom is 0.226 e. The van der Waals surface area contributed by atoms with Crippen LogP contribution in [0.25, 0.3) is 16.7 Å². The molecular formula is C22H22N6. The zero-order chi connectivity index (χ0) is 18.8. The van der Waals surface area contributed by atoms with Gasteiger partial charge in [0.1, 0.15) is 5.82 Å². The van der Waals surface area contributed by atoms with Crippen molar-refractivity contribution in [3.05, 3.63) is 66.9 Å². The molecule has 1 fully saturated rings. The van der Waals surface area contributed by atoms with Gasteiger partial charge in [0.05, 0.1) is 17.3 Å². The second-order valence-corrected chi connectivity index (χ2v) is 7.14. The topological polar surface area (TPSA) is 67.7 Å². The van der Waals surface area contributed by atoms with Crippen LogP contribution < -0.4 is 10.6 Å². The van der Waals surface area contributed by atoms with E-state index in [4.69, 9.17) is 9.97 Å². The highest BCUT2D eigenvalue weighted by Gasteiger charge is 2.19. The number of fused-ring (bicyclic) bond motifs is 1. The lowest BCUT2D eigenvalue weighted by Gasteiger charge is -2.14. The van der Waals surface area contributed by atoms with Gasteiger partial charge in [-0.2, -0.15) is 15.1 Å². The Hall–Kier alpha value is -3.41. The molecule has 2 N–H and O–H groups in total. The van der Waals surface area contributed by atoms with Crippen LogP contribution in [0.3, 0.4) is 0 Å². The van der Waals surface area contributed by atoms with Gasteiger partial charge < -0.3 is 10.6 Å². The molecule has 0 spiro atoms. The Bertz CT molecular complexity index is 1070. The molecule has 1 aliphatic carbocycles. The van der Waals surface area contributed by atoms with E-state index in [0.717, 1.165) is 28.2 Å². The molecule has 140 valence electrons. The van der Waals surface area contributed by atoms with Gasteiger partial charge in [0.25, 0.3) is 0 Å². The SMILES string of the molecule is c1ccc(Nc2nc(NC3CCCC3)nc3c2cnn3-c2ccccc2)cc1. The molecule has 0 unspecified atom stereocenters. The molecule has 1 saturated carbocycles. The number of rotatable bonds is 5. The van der Waals surface area contributed by atoms with E-state index < -0.39 is 0 Å². The summed E-state index contributed by atoms with van der Waals surface area (Å²) < 4.78 is 1.87. The number of hydrogen-bond acceptors (Lipinski definition) is 5. The number of benzene rings is 2. The van der Waals surface area contributed by atoms with Crippen molar-refractivity contribution in [2.24, 2.45) is 0 Å². The monoisotopic (exact) mass is 370 g/mol. The van der Waals surface area contributed by atoms with Gasteiger partial charge >= 0.3 is 0 Å². The molecule has 0 atom stereocenters. The van der Waals surface area contributed by atoms with Crippen molar-refractivity contribution in [2.45, 2.75) is 31.7 Å². The molecule has 0 bridgehead atoms. The van der Waals surface area contributed by atoms with Crippen LogP contribution in [0.4, 0.5) is 17.5 Å². The van der Waals surface area contributed by atoms with Crippen LogP contribution in [0.1, 0.15) is 25.7 Å². The molecule has 0 saturated heterocycles. The second kappa shape index (κ2) is 7.31. The molecule has 6 heteroatoms. The number of hydrogen-bond donors (Lipinski definition) is 2. The number of nitrogens with one attached hydrogen (secondary N) is 2. The summed E-state index contributed by atoms with van der Waals surface area (Å²) in [6.45, 7) is 0. The highest BCUT2D eigenvalue weighted by Crippen LogP contribution is 2.28. The van der Waals surface area contributed by atoms with E-state index in [0.29, 0.717) is 12.0 Å². The van der Waals surface area contributed by atoms with E-state index in [1.165, 1.54) is 25.7 Å². The normalized spacial score (nSPS) is 14.4. The Labute approximate surface area is 163 Å². The fraction of sp³-hybridized carbons (Fsp3) is 0.227. The zero-order valence-electron chi connectivity index (χ0n) is 15.5. The van der Waals surface area contributed by atoms with Crippen LogP contribution in [0.15, 0.2) is 66.9 Å². The molecule has 2 aromatic carbocycles. The van der Waals surface area contributed by atoms with E-state index in [9.17, 15) is 0 Å². The predicted octanol–water partition coefficient (Wildman–Crippen LogP) is 4.91. The molecule has 1 aliphatic rings. The smallest absolute Gasteiger partial charge is 0.226 e. The largest absolute Gasteiger partial charge is 0.351 e. The molecule has 0 radical (unpaired) electrons. The summed E-state index contributed by atoms with van der Waals surface area (Å²) in [6.07, 6.45) is 6.68. The van der Waals surface area contributed by atoms with E-state index in [-0.39, 0.29) is 0 Å². The lowest BCUT2D eigenvalue weighted by Crippen LogP contribution is -2.17. The number of anilines is 3. The van der Waals surface area contributed by atoms with E-state index in [2.05, 4.69) is 15.7 Å². The third kappa shape index (κ3) is 3.29. The third-order valence-corrected chi connectivity index (χ3v) is 5.15. The third-order valence-electron chi connectivity index (χ3n) is 5.15. The van der Waals surface area contributed by atoms with Gasteiger partial charge in [-0.15, -0.1) is 0 Å². The van der Waals surface area contributed by atoms with E-state index >= 15 is 0 Å². The molecule has 0 aliphatic heterocycles. The van der Waals surface area contributed by atoms with Gasteiger partial charge in [-0.3, -0.25) is 0 Å². The van der Waals surface area contributed by atoms with Crippen LogP contribution >= 0.6 is 0 Å². The average molecular weight is 370 g/mol. The van der Waals surface area contributed by atoms with Gasteiger partial charge in [0.2, 0.25) is 5.95 Å². The molecule has 2 heterocycles. The Morgan fingerprint density at radius 1 is 0.857 bits per heavy atom. The quantitative estimate of drug-likeness (QED) is 0.522. The number of aromatic nitrogens is 4. The first-order valence-electron chi connectivity index (χ1n) is 9.77. The maximum atomic E-state index is 4.82. The molecular weight excluding hydrogens is 348 g/mol. The summed E-state index contributed by atoms with van der Waals surface area (Å²) in [7, 11) is 0. The highest BCUT2D eigenvalue weighted by atomic mass is 15.3. The minimum atomic E-state index is 0.440. The molecule has 2 aromatic heterocycles. The van der Waals surface area contributed by atoms with Crippen molar-refractivity contribution in [1.82, 2.24) is 19.7 Å². The number of nitrogens with zero attached hydrogens (tertiary/aromatic N) is 4. The Morgan fingerprint density at radius 2 is 1.57 bits per heavy atom. The summed E-state index contributed by atoms with van der Waals surface area (Å²) in [5, 5.41) is 12.4. The first-order chi connectivity index (χ1) is 13.9. The van der Waals surface area contributed by atoms with E-state index in [1.807, 2.05) is 71.5 Å². The molecule has 6 nitrogen and oxygen atoms in total. The zero-order valence-corrected chi connectivity index (χ0v) is 15.5. The van der Waals surface area contributed by atoms with Gasteiger partial charge in [-0.25, -0.2) is 4.68 Å². The van der Waals surface area contributed by atoms with Crippen molar-refractivity contribution in [2.75, 3.05) is 10.6 Å². The summed E-state index contributed by atoms with van der Waals surface area (Å²) >= 11 is 0. The van der Waals surface area contributed by atoms with Crippen LogP contribution in [0.5, 0.6) is 0 Å². The minimum Gasteiger partial charge on any atom is -0.351 e. The summed E-state index contributed by atoms with van der Waals surface area (Å²) in [4.78, 5) is 9.60. The average Bonchev–Trinajstić information content (AvgIpc) is 3.39. The van der Waals surface area contributed by atoms with Crippen molar-refractivity contribution >= 4 is 28.5 Å². The Balaban J connectivity index is 1.60. The fourth-order valence-electron chi connectivity index (χ4n) is 3.74. The van der Waals surface area contributed by atoms with Gasteiger partial charge in [-0.05, 0) is 37.1 Å². The van der Waals surface area contributed by atoms with Crippen LogP contribution in [0.2, 0.25) is 0 Å². The maximum absolute atomic E-state index is 4.82.